The summed E-state index contributed by atoms with van der Waals surface area (Å²) in [5.74, 6) is -1.24. The molecular formula is C16H20N2O6. The number of nitrogens with one attached hydrogen (secondary N) is 2. The number of urea groups is 1. The molecule has 0 heterocycles. The van der Waals surface area contributed by atoms with Gasteiger partial charge in [0.05, 0.1) is 14.2 Å². The van der Waals surface area contributed by atoms with Gasteiger partial charge in [-0.3, -0.25) is 9.59 Å². The monoisotopic (exact) mass is 336 g/mol. The molecule has 0 saturated heterocycles. The van der Waals surface area contributed by atoms with Gasteiger partial charge < -0.3 is 20.1 Å². The topological polar surface area (TPSA) is 111 Å². The molecule has 0 spiro atoms. The number of benzene rings is 1. The van der Waals surface area contributed by atoms with E-state index in [1.807, 2.05) is 0 Å². The molecule has 130 valence electrons. The second-order valence-corrected chi connectivity index (χ2v) is 4.92. The van der Waals surface area contributed by atoms with Crippen LogP contribution in [0, 0.1) is 0 Å². The van der Waals surface area contributed by atoms with Crippen LogP contribution in [0.25, 0.3) is 0 Å². The Hall–Kier alpha value is -2.90. The maximum atomic E-state index is 12.0. The molecule has 8 heteroatoms. The predicted octanol–water partition coefficient (Wildman–Crippen LogP) is 1.51. The molecule has 0 radical (unpaired) electrons. The number of hydrogen-bond acceptors (Lipinski definition) is 6. The SMILES string of the molecule is COC(=O)CCC(NC(=O)Nc1ccc(C(C)=O)cc1)C(=O)OC. The Bertz CT molecular complexity index is 611. The summed E-state index contributed by atoms with van der Waals surface area (Å²) >= 11 is 0. The van der Waals surface area contributed by atoms with Crippen LogP contribution in [0.15, 0.2) is 24.3 Å². The van der Waals surface area contributed by atoms with E-state index in [4.69, 9.17) is 0 Å². The number of amides is 2. The zero-order valence-corrected chi connectivity index (χ0v) is 13.8. The van der Waals surface area contributed by atoms with E-state index in [-0.39, 0.29) is 18.6 Å². The number of ether oxygens (including phenoxy) is 2. The van der Waals surface area contributed by atoms with Gasteiger partial charge in [-0.15, -0.1) is 0 Å². The quantitative estimate of drug-likeness (QED) is 0.577. The number of Topliss-reactive ketones (excluding diaryl/α,β-unsaturated/α-hetero) is 1. The van der Waals surface area contributed by atoms with Crippen LogP contribution in [-0.4, -0.2) is 44.0 Å². The van der Waals surface area contributed by atoms with E-state index < -0.39 is 24.0 Å². The normalized spacial score (nSPS) is 11.1. The zero-order valence-electron chi connectivity index (χ0n) is 13.8. The molecule has 0 aliphatic carbocycles. The zero-order chi connectivity index (χ0) is 18.1. The van der Waals surface area contributed by atoms with E-state index in [1.165, 1.54) is 21.1 Å². The number of anilines is 1. The van der Waals surface area contributed by atoms with Gasteiger partial charge >= 0.3 is 18.0 Å². The molecule has 8 nitrogen and oxygen atoms in total. The first kappa shape index (κ1) is 19.1. The number of carbonyl (C=O) groups excluding carboxylic acids is 4. The minimum atomic E-state index is -0.981. The highest BCUT2D eigenvalue weighted by molar-refractivity contribution is 5.96. The molecule has 1 atom stereocenters. The van der Waals surface area contributed by atoms with Gasteiger partial charge in [0.1, 0.15) is 6.04 Å². The number of ketones is 1. The highest BCUT2D eigenvalue weighted by atomic mass is 16.5. The Morgan fingerprint density at radius 2 is 1.67 bits per heavy atom. The van der Waals surface area contributed by atoms with Gasteiger partial charge in [-0.1, -0.05) is 0 Å². The number of methoxy groups -OCH3 is 2. The molecular weight excluding hydrogens is 316 g/mol. The van der Waals surface area contributed by atoms with Crippen LogP contribution in [0.1, 0.15) is 30.1 Å². The molecule has 0 bridgehead atoms. The summed E-state index contributed by atoms with van der Waals surface area (Å²) in [6, 6.07) is 4.67. The maximum absolute atomic E-state index is 12.0. The first-order valence-corrected chi connectivity index (χ1v) is 7.20. The molecule has 1 unspecified atom stereocenters. The third-order valence-corrected chi connectivity index (χ3v) is 3.21. The predicted molar refractivity (Wildman–Crippen MR) is 85.7 cm³/mol. The van der Waals surface area contributed by atoms with Crippen molar-refractivity contribution in [1.82, 2.24) is 5.32 Å². The van der Waals surface area contributed by atoms with Gasteiger partial charge in [-0.05, 0) is 37.6 Å². The number of rotatable bonds is 7. The largest absolute Gasteiger partial charge is 0.469 e. The number of carbonyl (C=O) groups is 4. The highest BCUT2D eigenvalue weighted by Crippen LogP contribution is 2.10. The van der Waals surface area contributed by atoms with Crippen molar-refractivity contribution in [1.29, 1.82) is 0 Å². The smallest absolute Gasteiger partial charge is 0.328 e. The fraction of sp³-hybridized carbons (Fsp3) is 0.375. The van der Waals surface area contributed by atoms with Crippen molar-refractivity contribution < 1.29 is 28.7 Å². The molecule has 0 aliphatic rings. The van der Waals surface area contributed by atoms with E-state index in [0.29, 0.717) is 11.3 Å². The van der Waals surface area contributed by atoms with Crippen molar-refractivity contribution in [3.05, 3.63) is 29.8 Å². The average molecular weight is 336 g/mol. The Balaban J connectivity index is 2.64. The number of esters is 2. The van der Waals surface area contributed by atoms with Gasteiger partial charge in [0.25, 0.3) is 0 Å². The summed E-state index contributed by atoms with van der Waals surface area (Å²) in [4.78, 5) is 46.0. The Morgan fingerprint density at radius 1 is 1.04 bits per heavy atom. The molecule has 0 fully saturated rings. The summed E-state index contributed by atoms with van der Waals surface area (Å²) < 4.78 is 9.10. The van der Waals surface area contributed by atoms with Crippen LogP contribution in [0.3, 0.4) is 0 Å². The van der Waals surface area contributed by atoms with Crippen LogP contribution < -0.4 is 10.6 Å². The third kappa shape index (κ3) is 6.07. The first-order valence-electron chi connectivity index (χ1n) is 7.20. The Kier molecular flexibility index (Phi) is 7.41. The van der Waals surface area contributed by atoms with Crippen molar-refractivity contribution in [2.24, 2.45) is 0 Å². The lowest BCUT2D eigenvalue weighted by Crippen LogP contribution is -2.43. The van der Waals surface area contributed by atoms with Gasteiger partial charge in [-0.2, -0.15) is 0 Å². The summed E-state index contributed by atoms with van der Waals surface area (Å²) in [5.41, 5.74) is 0.973. The standard InChI is InChI=1S/C16H20N2O6/c1-10(19)11-4-6-12(7-5-11)17-16(22)18-13(15(21)24-3)8-9-14(20)23-2/h4-7,13H,8-9H2,1-3H3,(H2,17,18,22). The molecule has 1 rings (SSSR count). The molecule has 0 saturated carbocycles. The van der Waals surface area contributed by atoms with Crippen molar-refractivity contribution in [2.75, 3.05) is 19.5 Å². The lowest BCUT2D eigenvalue weighted by Gasteiger charge is -2.16. The molecule has 1 aromatic rings. The fourth-order valence-corrected chi connectivity index (χ4v) is 1.87. The molecule has 0 aliphatic heterocycles. The summed E-state index contributed by atoms with van der Waals surface area (Å²) in [6.07, 6.45) is 0.0138. The lowest BCUT2D eigenvalue weighted by molar-refractivity contribution is -0.144. The third-order valence-electron chi connectivity index (χ3n) is 3.21. The number of hydrogen-bond donors (Lipinski definition) is 2. The van der Waals surface area contributed by atoms with Gasteiger partial charge in [-0.25, -0.2) is 9.59 Å². The first-order chi connectivity index (χ1) is 11.4. The average Bonchev–Trinajstić information content (AvgIpc) is 2.57. The van der Waals surface area contributed by atoms with E-state index in [1.54, 1.807) is 24.3 Å². The van der Waals surface area contributed by atoms with Crippen molar-refractivity contribution in [2.45, 2.75) is 25.8 Å². The second kappa shape index (κ2) is 9.29. The highest BCUT2D eigenvalue weighted by Gasteiger charge is 2.22. The molecule has 2 N–H and O–H groups in total. The van der Waals surface area contributed by atoms with Crippen LogP contribution in [0.2, 0.25) is 0 Å². The van der Waals surface area contributed by atoms with E-state index >= 15 is 0 Å². The summed E-state index contributed by atoms with van der Waals surface area (Å²) in [7, 11) is 2.42. The van der Waals surface area contributed by atoms with Gasteiger partial charge in [0.2, 0.25) is 0 Å². The minimum Gasteiger partial charge on any atom is -0.469 e. The van der Waals surface area contributed by atoms with Crippen molar-refractivity contribution >= 4 is 29.4 Å². The minimum absolute atomic E-state index is 0.0378. The van der Waals surface area contributed by atoms with Crippen molar-refractivity contribution in [3.8, 4) is 0 Å². The molecule has 2 amide bonds. The van der Waals surface area contributed by atoms with Gasteiger partial charge in [0, 0.05) is 17.7 Å². The Labute approximate surface area is 139 Å². The maximum Gasteiger partial charge on any atom is 0.328 e. The van der Waals surface area contributed by atoms with Crippen LogP contribution in [0.4, 0.5) is 10.5 Å². The van der Waals surface area contributed by atoms with Crippen molar-refractivity contribution in [3.63, 3.8) is 0 Å². The Morgan fingerprint density at radius 3 is 2.17 bits per heavy atom. The van der Waals surface area contributed by atoms with Crippen LogP contribution >= 0.6 is 0 Å². The summed E-state index contributed by atoms with van der Waals surface area (Å²) in [5, 5.41) is 4.97. The lowest BCUT2D eigenvalue weighted by atomic mass is 10.1. The van der Waals surface area contributed by atoms with Gasteiger partial charge in [0.15, 0.2) is 5.78 Å². The van der Waals surface area contributed by atoms with E-state index in [2.05, 4.69) is 20.1 Å². The molecule has 24 heavy (non-hydrogen) atoms. The van der Waals surface area contributed by atoms with E-state index in [9.17, 15) is 19.2 Å². The van der Waals surface area contributed by atoms with Crippen LogP contribution in [0.5, 0.6) is 0 Å². The summed E-state index contributed by atoms with van der Waals surface area (Å²) in [6.45, 7) is 1.44. The second-order valence-electron chi connectivity index (χ2n) is 4.92. The molecule has 0 aromatic heterocycles. The molecule has 1 aromatic carbocycles. The van der Waals surface area contributed by atoms with E-state index in [0.717, 1.165) is 0 Å². The fourth-order valence-electron chi connectivity index (χ4n) is 1.87. The van der Waals surface area contributed by atoms with Crippen LogP contribution in [-0.2, 0) is 19.1 Å².